The summed E-state index contributed by atoms with van der Waals surface area (Å²) in [4.78, 5) is 2.31. The minimum atomic E-state index is 1.01. The van der Waals surface area contributed by atoms with Crippen molar-refractivity contribution < 1.29 is 0 Å². The van der Waals surface area contributed by atoms with E-state index < -0.39 is 0 Å². The van der Waals surface area contributed by atoms with Gasteiger partial charge in [0.1, 0.15) is 0 Å². The molecule has 14 heavy (non-hydrogen) atoms. The van der Waals surface area contributed by atoms with E-state index in [1.807, 2.05) is 6.08 Å². The van der Waals surface area contributed by atoms with Crippen LogP contribution in [-0.4, -0.2) is 38.1 Å². The lowest BCUT2D eigenvalue weighted by Gasteiger charge is -2.13. The molecule has 2 nitrogen and oxygen atoms in total. The van der Waals surface area contributed by atoms with Gasteiger partial charge in [-0.25, -0.2) is 0 Å². The Balaban J connectivity index is 3.01. The van der Waals surface area contributed by atoms with Crippen LogP contribution in [0, 0.1) is 0 Å². The highest BCUT2D eigenvalue weighted by Gasteiger charge is 1.94. The normalized spacial score (nSPS) is 10.8. The van der Waals surface area contributed by atoms with Crippen molar-refractivity contribution in [2.24, 2.45) is 0 Å². The molecule has 0 spiro atoms. The summed E-state index contributed by atoms with van der Waals surface area (Å²) in [5, 5.41) is 3.42. The van der Waals surface area contributed by atoms with Gasteiger partial charge in [-0.2, -0.15) is 0 Å². The summed E-state index contributed by atoms with van der Waals surface area (Å²) < 4.78 is 0. The molecule has 0 fully saturated rings. The molecule has 0 atom stereocenters. The van der Waals surface area contributed by atoms with Crippen molar-refractivity contribution >= 4 is 0 Å². The zero-order valence-corrected chi connectivity index (χ0v) is 9.89. The fourth-order valence-electron chi connectivity index (χ4n) is 1.42. The van der Waals surface area contributed by atoms with Crippen molar-refractivity contribution in [2.45, 2.75) is 32.6 Å². The molecule has 0 aliphatic carbocycles. The number of likely N-dealkylation sites (N-methyl/N-ethyl adjacent to an activating group) is 1. The lowest BCUT2D eigenvalue weighted by molar-refractivity contribution is 0.357. The fraction of sp³-hybridized carbons (Fsp3) is 0.833. The van der Waals surface area contributed by atoms with Crippen LogP contribution >= 0.6 is 0 Å². The third kappa shape index (κ3) is 9.75. The summed E-state index contributed by atoms with van der Waals surface area (Å²) in [6.45, 7) is 10.5. The van der Waals surface area contributed by atoms with Crippen molar-refractivity contribution in [3.63, 3.8) is 0 Å². The van der Waals surface area contributed by atoms with E-state index in [2.05, 4.69) is 30.8 Å². The molecule has 0 aromatic carbocycles. The number of hydrogen-bond acceptors (Lipinski definition) is 2. The number of rotatable bonds is 10. The first kappa shape index (κ1) is 13.7. The summed E-state index contributed by atoms with van der Waals surface area (Å²) in [6.07, 6.45) is 7.14. The summed E-state index contributed by atoms with van der Waals surface area (Å²) in [5.74, 6) is 0. The lowest BCUT2D eigenvalue weighted by atomic mass is 10.2. The number of hydrogen-bond donors (Lipinski definition) is 1. The largest absolute Gasteiger partial charge is 0.317 e. The predicted molar refractivity (Wildman–Crippen MR) is 64.7 cm³/mol. The molecule has 0 aromatic heterocycles. The van der Waals surface area contributed by atoms with Gasteiger partial charge < -0.3 is 10.2 Å². The van der Waals surface area contributed by atoms with Gasteiger partial charge in [-0.15, -0.1) is 6.58 Å². The van der Waals surface area contributed by atoms with Crippen molar-refractivity contribution in [2.75, 3.05) is 33.2 Å². The molecule has 0 saturated heterocycles. The van der Waals surface area contributed by atoms with Crippen LogP contribution in [0.25, 0.3) is 0 Å². The average molecular weight is 198 g/mol. The molecule has 0 aliphatic heterocycles. The molecule has 0 aliphatic rings. The molecule has 0 aromatic rings. The summed E-state index contributed by atoms with van der Waals surface area (Å²) in [6, 6.07) is 0. The van der Waals surface area contributed by atoms with Gasteiger partial charge in [0.15, 0.2) is 0 Å². The van der Waals surface area contributed by atoms with Crippen molar-refractivity contribution in [1.82, 2.24) is 10.2 Å². The molecule has 1 N–H and O–H groups in total. The van der Waals surface area contributed by atoms with Gasteiger partial charge in [0, 0.05) is 6.54 Å². The molecule has 0 rings (SSSR count). The van der Waals surface area contributed by atoms with E-state index in [0.29, 0.717) is 0 Å². The summed E-state index contributed by atoms with van der Waals surface area (Å²) in [7, 11) is 2.15. The first-order valence-corrected chi connectivity index (χ1v) is 5.81. The second-order valence-corrected chi connectivity index (χ2v) is 3.86. The highest BCUT2D eigenvalue weighted by molar-refractivity contribution is 4.70. The Kier molecular flexibility index (Phi) is 10.5. The Morgan fingerprint density at radius 1 is 1.21 bits per heavy atom. The molecular weight excluding hydrogens is 172 g/mol. The van der Waals surface area contributed by atoms with E-state index in [1.54, 1.807) is 0 Å². The fourth-order valence-corrected chi connectivity index (χ4v) is 1.42. The monoisotopic (exact) mass is 198 g/mol. The molecule has 0 heterocycles. The Bertz CT molecular complexity index is 123. The summed E-state index contributed by atoms with van der Waals surface area (Å²) in [5.41, 5.74) is 0. The van der Waals surface area contributed by atoms with Crippen LogP contribution in [0.5, 0.6) is 0 Å². The van der Waals surface area contributed by atoms with Crippen molar-refractivity contribution in [1.29, 1.82) is 0 Å². The molecule has 84 valence electrons. The topological polar surface area (TPSA) is 15.3 Å². The Hall–Kier alpha value is -0.340. The lowest BCUT2D eigenvalue weighted by Crippen LogP contribution is -2.20. The van der Waals surface area contributed by atoms with Crippen LogP contribution < -0.4 is 5.32 Å². The zero-order valence-electron chi connectivity index (χ0n) is 9.89. The Labute approximate surface area is 89.4 Å². The smallest absolute Gasteiger partial charge is 0.0157 e. The molecule has 0 bridgehead atoms. The van der Waals surface area contributed by atoms with Gasteiger partial charge in [-0.05, 0) is 45.9 Å². The van der Waals surface area contributed by atoms with Crippen LogP contribution in [0.2, 0.25) is 0 Å². The van der Waals surface area contributed by atoms with Gasteiger partial charge in [-0.1, -0.05) is 19.4 Å². The van der Waals surface area contributed by atoms with E-state index in [-0.39, 0.29) is 0 Å². The molecule has 2 heteroatoms. The number of unbranched alkanes of at least 4 members (excludes halogenated alkanes) is 2. The number of nitrogens with one attached hydrogen (secondary N) is 1. The van der Waals surface area contributed by atoms with Gasteiger partial charge in [0.2, 0.25) is 0 Å². The van der Waals surface area contributed by atoms with Crippen LogP contribution in [0.1, 0.15) is 32.6 Å². The molecule has 0 saturated carbocycles. The highest BCUT2D eigenvalue weighted by Crippen LogP contribution is 1.96. The van der Waals surface area contributed by atoms with Gasteiger partial charge >= 0.3 is 0 Å². The van der Waals surface area contributed by atoms with Crippen molar-refractivity contribution in [3.05, 3.63) is 12.7 Å². The Morgan fingerprint density at radius 2 is 2.00 bits per heavy atom. The maximum absolute atomic E-state index is 3.73. The minimum absolute atomic E-state index is 1.01. The zero-order chi connectivity index (χ0) is 10.6. The quantitative estimate of drug-likeness (QED) is 0.428. The van der Waals surface area contributed by atoms with Gasteiger partial charge in [-0.3, -0.25) is 0 Å². The van der Waals surface area contributed by atoms with Crippen LogP contribution in [0.15, 0.2) is 12.7 Å². The van der Waals surface area contributed by atoms with Crippen LogP contribution in [-0.2, 0) is 0 Å². The molecule has 0 radical (unpaired) electrons. The second kappa shape index (κ2) is 10.7. The van der Waals surface area contributed by atoms with Crippen molar-refractivity contribution in [3.8, 4) is 0 Å². The summed E-state index contributed by atoms with van der Waals surface area (Å²) >= 11 is 0. The SMILES string of the molecule is C=CCN(C)CCCCCNCCC. The highest BCUT2D eigenvalue weighted by atomic mass is 15.1. The predicted octanol–water partition coefficient (Wildman–Crippen LogP) is 2.27. The first-order chi connectivity index (χ1) is 6.81. The van der Waals surface area contributed by atoms with E-state index in [4.69, 9.17) is 0 Å². The van der Waals surface area contributed by atoms with Gasteiger partial charge in [0.05, 0.1) is 0 Å². The maximum atomic E-state index is 3.73. The number of nitrogens with zero attached hydrogens (tertiary/aromatic N) is 1. The molecular formula is C12H26N2. The van der Waals surface area contributed by atoms with Crippen LogP contribution in [0.3, 0.4) is 0 Å². The Morgan fingerprint density at radius 3 is 2.64 bits per heavy atom. The maximum Gasteiger partial charge on any atom is 0.0157 e. The van der Waals surface area contributed by atoms with E-state index >= 15 is 0 Å². The first-order valence-electron chi connectivity index (χ1n) is 5.81. The molecule has 0 amide bonds. The minimum Gasteiger partial charge on any atom is -0.317 e. The molecule has 0 unspecified atom stereocenters. The van der Waals surface area contributed by atoms with E-state index in [1.165, 1.54) is 38.8 Å². The van der Waals surface area contributed by atoms with Gasteiger partial charge in [0.25, 0.3) is 0 Å². The van der Waals surface area contributed by atoms with Crippen LogP contribution in [0.4, 0.5) is 0 Å². The standard InChI is InChI=1S/C12H26N2/c1-4-9-13-10-7-6-8-12-14(3)11-5-2/h5,13H,2,4,6-12H2,1,3H3. The second-order valence-electron chi connectivity index (χ2n) is 3.86. The van der Waals surface area contributed by atoms with E-state index in [0.717, 1.165) is 13.1 Å². The third-order valence-corrected chi connectivity index (χ3v) is 2.26. The average Bonchev–Trinajstić information content (AvgIpc) is 2.17. The third-order valence-electron chi connectivity index (χ3n) is 2.26. The van der Waals surface area contributed by atoms with E-state index in [9.17, 15) is 0 Å².